The van der Waals surface area contributed by atoms with E-state index in [1.165, 1.54) is 28.5 Å². The highest BCUT2D eigenvalue weighted by atomic mass is 35.5. The number of hydrogen-bond donors (Lipinski definition) is 1. The van der Waals surface area contributed by atoms with Crippen molar-refractivity contribution in [2.45, 2.75) is 17.3 Å². The second-order valence-electron chi connectivity index (χ2n) is 5.77. The Morgan fingerprint density at radius 2 is 1.81 bits per heavy atom. The van der Waals surface area contributed by atoms with Crippen molar-refractivity contribution in [3.05, 3.63) is 61.8 Å². The summed E-state index contributed by atoms with van der Waals surface area (Å²) in [4.78, 5) is 29.5. The standard InChI is InChI=1S/C18H14Cl3N3O2S/c1-9(16(25)22-15-8-12(20)11(19)7-13(15)21)27-18-23-14-6-4-3-5-10(14)17(26)24(18)2/h3-9H,1-2H3,(H,22,25). The van der Waals surface area contributed by atoms with Gasteiger partial charge in [0, 0.05) is 7.05 Å². The second kappa shape index (κ2) is 8.10. The third-order valence-electron chi connectivity index (χ3n) is 3.86. The van der Waals surface area contributed by atoms with Gasteiger partial charge in [-0.2, -0.15) is 0 Å². The summed E-state index contributed by atoms with van der Waals surface area (Å²) in [6.07, 6.45) is 0. The lowest BCUT2D eigenvalue weighted by atomic mass is 10.2. The fraction of sp³-hybridized carbons (Fsp3) is 0.167. The number of anilines is 1. The summed E-state index contributed by atoms with van der Waals surface area (Å²) in [6.45, 7) is 1.72. The maximum atomic E-state index is 12.5. The Kier molecular flexibility index (Phi) is 6.01. The summed E-state index contributed by atoms with van der Waals surface area (Å²) in [5.74, 6) is -0.303. The van der Waals surface area contributed by atoms with Crippen LogP contribution in [0.5, 0.6) is 0 Å². The van der Waals surface area contributed by atoms with E-state index in [0.717, 1.165) is 0 Å². The Morgan fingerprint density at radius 3 is 2.56 bits per heavy atom. The highest BCUT2D eigenvalue weighted by Gasteiger charge is 2.19. The quantitative estimate of drug-likeness (QED) is 0.350. The highest BCUT2D eigenvalue weighted by molar-refractivity contribution is 8.00. The van der Waals surface area contributed by atoms with E-state index < -0.39 is 5.25 Å². The lowest BCUT2D eigenvalue weighted by Crippen LogP contribution is -2.25. The van der Waals surface area contributed by atoms with Gasteiger partial charge in [-0.05, 0) is 31.2 Å². The molecular weight excluding hydrogens is 429 g/mol. The van der Waals surface area contributed by atoms with Gasteiger partial charge in [-0.1, -0.05) is 58.7 Å². The van der Waals surface area contributed by atoms with E-state index in [2.05, 4.69) is 10.3 Å². The minimum Gasteiger partial charge on any atom is -0.324 e. The summed E-state index contributed by atoms with van der Waals surface area (Å²) >= 11 is 19.2. The van der Waals surface area contributed by atoms with Crippen molar-refractivity contribution in [3.63, 3.8) is 0 Å². The zero-order valence-electron chi connectivity index (χ0n) is 14.3. The Morgan fingerprint density at radius 1 is 1.15 bits per heavy atom. The second-order valence-corrected chi connectivity index (χ2v) is 8.30. The van der Waals surface area contributed by atoms with E-state index in [0.29, 0.717) is 26.8 Å². The van der Waals surface area contributed by atoms with Gasteiger partial charge in [0.2, 0.25) is 5.91 Å². The number of aromatic nitrogens is 2. The molecule has 9 heteroatoms. The molecule has 1 amide bonds. The van der Waals surface area contributed by atoms with E-state index in [9.17, 15) is 9.59 Å². The molecule has 0 fully saturated rings. The number of hydrogen-bond acceptors (Lipinski definition) is 4. The van der Waals surface area contributed by atoms with Crippen LogP contribution in [0.25, 0.3) is 10.9 Å². The Labute approximate surface area is 174 Å². The van der Waals surface area contributed by atoms with E-state index in [1.54, 1.807) is 32.2 Å². The van der Waals surface area contributed by atoms with Gasteiger partial charge in [0.15, 0.2) is 5.16 Å². The molecule has 0 spiro atoms. The van der Waals surface area contributed by atoms with Crippen LogP contribution in [0.15, 0.2) is 46.3 Å². The monoisotopic (exact) mass is 441 g/mol. The molecule has 0 aliphatic rings. The zero-order valence-corrected chi connectivity index (χ0v) is 17.4. The summed E-state index contributed by atoms with van der Waals surface area (Å²) in [7, 11) is 1.63. The first-order valence-electron chi connectivity index (χ1n) is 7.85. The molecule has 5 nitrogen and oxygen atoms in total. The van der Waals surface area contributed by atoms with Gasteiger partial charge in [-0.3, -0.25) is 14.2 Å². The molecule has 0 saturated carbocycles. The number of halogens is 3. The molecule has 0 bridgehead atoms. The topological polar surface area (TPSA) is 64.0 Å². The van der Waals surface area contributed by atoms with Crippen molar-refractivity contribution in [3.8, 4) is 0 Å². The van der Waals surface area contributed by atoms with Crippen molar-refractivity contribution in [1.82, 2.24) is 9.55 Å². The number of rotatable bonds is 4. The van der Waals surface area contributed by atoms with Gasteiger partial charge in [0.25, 0.3) is 5.56 Å². The van der Waals surface area contributed by atoms with Gasteiger partial charge >= 0.3 is 0 Å². The van der Waals surface area contributed by atoms with Gasteiger partial charge in [0.1, 0.15) is 0 Å². The Balaban J connectivity index is 1.83. The van der Waals surface area contributed by atoms with Crippen molar-refractivity contribution in [2.75, 3.05) is 5.32 Å². The normalized spacial score (nSPS) is 12.2. The molecule has 1 atom stereocenters. The van der Waals surface area contributed by atoms with Crippen molar-refractivity contribution >= 4 is 69.1 Å². The average Bonchev–Trinajstić information content (AvgIpc) is 2.63. The molecule has 1 aromatic heterocycles. The minimum atomic E-state index is -0.533. The molecule has 0 aliphatic carbocycles. The van der Waals surface area contributed by atoms with E-state index in [-0.39, 0.29) is 21.5 Å². The fourth-order valence-electron chi connectivity index (χ4n) is 2.37. The number of nitrogens with zero attached hydrogens (tertiary/aromatic N) is 2. The molecule has 27 heavy (non-hydrogen) atoms. The van der Waals surface area contributed by atoms with E-state index in [1.807, 2.05) is 6.07 Å². The maximum Gasteiger partial charge on any atom is 0.261 e. The number of carbonyl (C=O) groups excluding carboxylic acids is 1. The number of thioether (sulfide) groups is 1. The van der Waals surface area contributed by atoms with Gasteiger partial charge in [0.05, 0.1) is 36.9 Å². The molecule has 1 N–H and O–H groups in total. The van der Waals surface area contributed by atoms with Crippen molar-refractivity contribution in [2.24, 2.45) is 7.05 Å². The SMILES string of the molecule is CC(Sc1nc2ccccc2c(=O)n1C)C(=O)Nc1cc(Cl)c(Cl)cc1Cl. The van der Waals surface area contributed by atoms with Crippen molar-refractivity contribution in [1.29, 1.82) is 0 Å². The summed E-state index contributed by atoms with van der Waals surface area (Å²) in [5.41, 5.74) is 0.787. The molecule has 1 unspecified atom stereocenters. The largest absolute Gasteiger partial charge is 0.324 e. The molecular formula is C18H14Cl3N3O2S. The number of para-hydroxylation sites is 1. The molecule has 2 aromatic carbocycles. The van der Waals surface area contributed by atoms with Gasteiger partial charge < -0.3 is 5.32 Å². The smallest absolute Gasteiger partial charge is 0.261 e. The van der Waals surface area contributed by atoms with Crippen LogP contribution in [0, 0.1) is 0 Å². The van der Waals surface area contributed by atoms with Crippen LogP contribution in [0.3, 0.4) is 0 Å². The molecule has 0 aliphatic heterocycles. The van der Waals surface area contributed by atoms with E-state index >= 15 is 0 Å². The maximum absolute atomic E-state index is 12.5. The average molecular weight is 443 g/mol. The highest BCUT2D eigenvalue weighted by Crippen LogP contribution is 2.33. The number of carbonyl (C=O) groups is 1. The zero-order chi connectivity index (χ0) is 19.7. The first kappa shape index (κ1) is 20.0. The first-order chi connectivity index (χ1) is 12.8. The van der Waals surface area contributed by atoms with E-state index in [4.69, 9.17) is 34.8 Å². The summed E-state index contributed by atoms with van der Waals surface area (Å²) in [5, 5.41) is 4.04. The van der Waals surface area contributed by atoms with Crippen LogP contribution in [-0.4, -0.2) is 20.7 Å². The number of amides is 1. The summed E-state index contributed by atoms with van der Waals surface area (Å²) in [6, 6.07) is 10.0. The summed E-state index contributed by atoms with van der Waals surface area (Å²) < 4.78 is 1.43. The van der Waals surface area contributed by atoms with Crippen LogP contribution in [0.4, 0.5) is 5.69 Å². The molecule has 140 valence electrons. The Bertz CT molecular complexity index is 1100. The molecule has 1 heterocycles. The van der Waals surface area contributed by atoms with Crippen LogP contribution in [0.2, 0.25) is 15.1 Å². The van der Waals surface area contributed by atoms with Crippen LogP contribution in [-0.2, 0) is 11.8 Å². The molecule has 0 saturated heterocycles. The van der Waals surface area contributed by atoms with Gasteiger partial charge in [-0.15, -0.1) is 0 Å². The predicted octanol–water partition coefficient (Wildman–Crippen LogP) is 5.01. The lowest BCUT2D eigenvalue weighted by Gasteiger charge is -2.15. The van der Waals surface area contributed by atoms with Crippen LogP contribution < -0.4 is 10.9 Å². The predicted molar refractivity (Wildman–Crippen MR) is 112 cm³/mol. The fourth-order valence-corrected chi connectivity index (χ4v) is 3.84. The molecule has 0 radical (unpaired) electrons. The van der Waals surface area contributed by atoms with Crippen molar-refractivity contribution < 1.29 is 4.79 Å². The molecule has 3 rings (SSSR count). The third-order valence-corrected chi connectivity index (χ3v) is 6.04. The number of fused-ring (bicyclic) bond motifs is 1. The Hall–Kier alpha value is -1.73. The van der Waals surface area contributed by atoms with Gasteiger partial charge in [-0.25, -0.2) is 4.98 Å². The lowest BCUT2D eigenvalue weighted by molar-refractivity contribution is -0.115. The van der Waals surface area contributed by atoms with Crippen LogP contribution >= 0.6 is 46.6 Å². The molecule has 3 aromatic rings. The number of benzene rings is 2. The third kappa shape index (κ3) is 4.24. The first-order valence-corrected chi connectivity index (χ1v) is 9.87. The minimum absolute atomic E-state index is 0.164. The number of nitrogens with one attached hydrogen (secondary N) is 1. The van der Waals surface area contributed by atoms with Crippen LogP contribution in [0.1, 0.15) is 6.92 Å².